The Kier molecular flexibility index (Phi) is 6.74. The van der Waals surface area contributed by atoms with Crippen molar-refractivity contribution in [2.24, 2.45) is 0 Å². The molecule has 2 amide bonds. The Morgan fingerprint density at radius 3 is 2.27 bits per heavy atom. The molecule has 0 spiro atoms. The maximum atomic E-state index is 13.3. The van der Waals surface area contributed by atoms with Crippen LogP contribution in [0.5, 0.6) is 11.5 Å². The maximum absolute atomic E-state index is 13.3. The summed E-state index contributed by atoms with van der Waals surface area (Å²) in [4.78, 5) is 29.2. The number of halogens is 1. The van der Waals surface area contributed by atoms with E-state index in [0.29, 0.717) is 40.7 Å². The van der Waals surface area contributed by atoms with E-state index < -0.39 is 11.8 Å². The van der Waals surface area contributed by atoms with E-state index in [2.05, 4.69) is 0 Å². The number of nitrogens with zero attached hydrogens (tertiary/aromatic N) is 2. The lowest BCUT2D eigenvalue weighted by atomic mass is 10.0. The Balaban J connectivity index is 2.13. The zero-order chi connectivity index (χ0) is 21.8. The summed E-state index contributed by atoms with van der Waals surface area (Å²) in [5.41, 5.74) is 1.02. The largest absolute Gasteiger partial charge is 0.493 e. The minimum Gasteiger partial charge on any atom is -0.493 e. The molecule has 8 heteroatoms. The highest BCUT2D eigenvalue weighted by molar-refractivity contribution is 7.80. The van der Waals surface area contributed by atoms with Crippen molar-refractivity contribution in [3.8, 4) is 11.5 Å². The average Bonchev–Trinajstić information content (AvgIpc) is 2.75. The van der Waals surface area contributed by atoms with Crippen molar-refractivity contribution >= 4 is 52.5 Å². The first-order valence-electron chi connectivity index (χ1n) is 9.31. The highest BCUT2D eigenvalue weighted by Crippen LogP contribution is 2.35. The van der Waals surface area contributed by atoms with Gasteiger partial charge in [-0.2, -0.15) is 0 Å². The summed E-state index contributed by atoms with van der Waals surface area (Å²) in [5, 5.41) is 0.482. The molecular weight excluding hydrogens is 424 g/mol. The van der Waals surface area contributed by atoms with Crippen LogP contribution in [0.15, 0.2) is 48.0 Å². The fourth-order valence-corrected chi connectivity index (χ4v) is 3.71. The number of ether oxygens (including phenoxy) is 2. The molecule has 1 heterocycles. The molecule has 6 nitrogen and oxygen atoms in total. The van der Waals surface area contributed by atoms with E-state index >= 15 is 0 Å². The van der Waals surface area contributed by atoms with Crippen molar-refractivity contribution in [2.45, 2.75) is 13.3 Å². The molecule has 0 unspecified atom stereocenters. The molecule has 3 rings (SSSR count). The minimum atomic E-state index is -0.505. The summed E-state index contributed by atoms with van der Waals surface area (Å²) in [6.07, 6.45) is 2.16. The molecular formula is C22H21ClN2O4S. The summed E-state index contributed by atoms with van der Waals surface area (Å²) in [7, 11) is 3.00. The van der Waals surface area contributed by atoms with Gasteiger partial charge in [-0.25, -0.2) is 0 Å². The number of methoxy groups -OCH3 is 2. The molecule has 0 N–H and O–H groups in total. The van der Waals surface area contributed by atoms with Crippen molar-refractivity contribution in [2.75, 3.05) is 25.7 Å². The number of thiocarbonyl (C=S) groups is 1. The van der Waals surface area contributed by atoms with Crippen LogP contribution in [0.25, 0.3) is 6.08 Å². The van der Waals surface area contributed by atoms with E-state index in [1.165, 1.54) is 30.1 Å². The molecule has 1 fully saturated rings. The summed E-state index contributed by atoms with van der Waals surface area (Å²) in [6, 6.07) is 12.2. The molecule has 30 heavy (non-hydrogen) atoms. The highest BCUT2D eigenvalue weighted by atomic mass is 35.5. The van der Waals surface area contributed by atoms with Crippen LogP contribution < -0.4 is 14.4 Å². The van der Waals surface area contributed by atoms with E-state index in [9.17, 15) is 9.59 Å². The van der Waals surface area contributed by atoms with Gasteiger partial charge in [0.25, 0.3) is 11.8 Å². The number of para-hydroxylation sites is 1. The van der Waals surface area contributed by atoms with Gasteiger partial charge in [-0.1, -0.05) is 36.7 Å². The monoisotopic (exact) mass is 444 g/mol. The van der Waals surface area contributed by atoms with Gasteiger partial charge in [0.2, 0.25) is 0 Å². The number of amides is 2. The Bertz CT molecular complexity index is 1020. The number of benzene rings is 2. The fourth-order valence-electron chi connectivity index (χ4n) is 3.14. The molecule has 2 aromatic carbocycles. The second-order valence-electron chi connectivity index (χ2n) is 6.50. The number of hydrogen-bond acceptors (Lipinski definition) is 5. The van der Waals surface area contributed by atoms with Gasteiger partial charge >= 0.3 is 0 Å². The second kappa shape index (κ2) is 9.28. The van der Waals surface area contributed by atoms with E-state index in [1.54, 1.807) is 36.4 Å². The quantitative estimate of drug-likeness (QED) is 0.377. The summed E-state index contributed by atoms with van der Waals surface area (Å²) in [5.74, 6) is -0.0739. The van der Waals surface area contributed by atoms with E-state index in [4.69, 9.17) is 33.3 Å². The second-order valence-corrected chi connectivity index (χ2v) is 7.27. The molecule has 2 aromatic rings. The van der Waals surface area contributed by atoms with Crippen LogP contribution in [0, 0.1) is 0 Å². The lowest BCUT2D eigenvalue weighted by molar-refractivity contribution is -0.127. The number of carbonyl (C=O) groups excluding carboxylic acids is 2. The van der Waals surface area contributed by atoms with Crippen molar-refractivity contribution in [1.82, 2.24) is 4.90 Å². The predicted octanol–water partition coefficient (Wildman–Crippen LogP) is 4.31. The Morgan fingerprint density at radius 2 is 1.67 bits per heavy atom. The van der Waals surface area contributed by atoms with Crippen LogP contribution in [0.2, 0.25) is 5.02 Å². The van der Waals surface area contributed by atoms with Crippen LogP contribution in [-0.4, -0.2) is 42.6 Å². The lowest BCUT2D eigenvalue weighted by Gasteiger charge is -2.36. The van der Waals surface area contributed by atoms with Crippen LogP contribution in [0.4, 0.5) is 5.69 Å². The van der Waals surface area contributed by atoms with Gasteiger partial charge in [0.05, 0.1) is 24.9 Å². The number of hydrogen-bond donors (Lipinski definition) is 0. The highest BCUT2D eigenvalue weighted by Gasteiger charge is 2.40. The van der Waals surface area contributed by atoms with Gasteiger partial charge < -0.3 is 9.47 Å². The summed E-state index contributed by atoms with van der Waals surface area (Å²) < 4.78 is 10.6. The SMILES string of the molecule is CCCN1C(=O)/C(=C\c2cc(OC)c(OC)cc2Cl)C(=O)N(c2ccccc2)C1=S. The van der Waals surface area contributed by atoms with Gasteiger partial charge in [0, 0.05) is 12.6 Å². The number of rotatable bonds is 6. The van der Waals surface area contributed by atoms with Crippen LogP contribution in [0.3, 0.4) is 0 Å². The van der Waals surface area contributed by atoms with Gasteiger partial charge in [0.1, 0.15) is 5.57 Å². The average molecular weight is 445 g/mol. The summed E-state index contributed by atoms with van der Waals surface area (Å²) >= 11 is 11.9. The molecule has 0 radical (unpaired) electrons. The predicted molar refractivity (Wildman–Crippen MR) is 121 cm³/mol. The van der Waals surface area contributed by atoms with Crippen molar-refractivity contribution in [3.05, 3.63) is 58.6 Å². The number of carbonyl (C=O) groups is 2. The molecule has 0 bridgehead atoms. The third kappa shape index (κ3) is 4.04. The molecule has 0 saturated carbocycles. The molecule has 0 aromatic heterocycles. The Hall–Kier alpha value is -2.90. The van der Waals surface area contributed by atoms with Crippen LogP contribution >= 0.6 is 23.8 Å². The van der Waals surface area contributed by atoms with Gasteiger partial charge in [-0.05, 0) is 48.5 Å². The first-order chi connectivity index (χ1) is 14.4. The lowest BCUT2D eigenvalue weighted by Crippen LogP contribution is -2.56. The molecule has 1 aliphatic heterocycles. The molecule has 0 aliphatic carbocycles. The van der Waals surface area contributed by atoms with Gasteiger partial charge in [-0.15, -0.1) is 0 Å². The van der Waals surface area contributed by atoms with Crippen LogP contribution in [-0.2, 0) is 9.59 Å². The van der Waals surface area contributed by atoms with E-state index in [1.807, 2.05) is 13.0 Å². The van der Waals surface area contributed by atoms with E-state index in [0.717, 1.165) is 0 Å². The Morgan fingerprint density at radius 1 is 1.03 bits per heavy atom. The minimum absolute atomic E-state index is 0.0324. The maximum Gasteiger partial charge on any atom is 0.270 e. The molecule has 1 aliphatic rings. The van der Waals surface area contributed by atoms with Crippen molar-refractivity contribution in [3.63, 3.8) is 0 Å². The smallest absolute Gasteiger partial charge is 0.270 e. The zero-order valence-electron chi connectivity index (χ0n) is 16.8. The molecule has 1 saturated heterocycles. The summed E-state index contributed by atoms with van der Waals surface area (Å²) in [6.45, 7) is 2.33. The normalized spacial score (nSPS) is 15.7. The molecule has 156 valence electrons. The van der Waals surface area contributed by atoms with Crippen molar-refractivity contribution < 1.29 is 19.1 Å². The third-order valence-electron chi connectivity index (χ3n) is 4.60. The van der Waals surface area contributed by atoms with Gasteiger partial charge in [0.15, 0.2) is 16.6 Å². The zero-order valence-corrected chi connectivity index (χ0v) is 18.4. The third-order valence-corrected chi connectivity index (χ3v) is 5.33. The van der Waals surface area contributed by atoms with Crippen molar-refractivity contribution in [1.29, 1.82) is 0 Å². The Labute approximate surface area is 185 Å². The fraction of sp³-hybridized carbons (Fsp3) is 0.227. The van der Waals surface area contributed by atoms with E-state index in [-0.39, 0.29) is 10.7 Å². The van der Waals surface area contributed by atoms with Crippen LogP contribution in [0.1, 0.15) is 18.9 Å². The standard InChI is InChI=1S/C22H21ClN2O4S/c1-4-10-24-20(26)16(11-14-12-18(28-2)19(29-3)13-17(14)23)21(27)25(22(24)30)15-8-6-5-7-9-15/h5-9,11-13H,4,10H2,1-3H3/b16-11+. The first-order valence-corrected chi connectivity index (χ1v) is 10.1. The topological polar surface area (TPSA) is 59.1 Å². The first kappa shape index (κ1) is 21.8. The molecule has 0 atom stereocenters. The number of anilines is 1. The van der Waals surface area contributed by atoms with Gasteiger partial charge in [-0.3, -0.25) is 19.4 Å².